The van der Waals surface area contributed by atoms with E-state index in [-0.39, 0.29) is 11.9 Å². The van der Waals surface area contributed by atoms with E-state index in [4.69, 9.17) is 4.42 Å². The van der Waals surface area contributed by atoms with Crippen LogP contribution in [-0.2, 0) is 17.6 Å². The molecule has 6 heteroatoms. The first-order valence-corrected chi connectivity index (χ1v) is 9.85. The van der Waals surface area contributed by atoms with Gasteiger partial charge in [0.1, 0.15) is 0 Å². The Hall–Kier alpha value is -2.47. The second-order valence-electron chi connectivity index (χ2n) is 6.62. The molecule has 0 bridgehead atoms. The maximum absolute atomic E-state index is 12.7. The molecule has 1 aliphatic carbocycles. The number of aromatic nitrogens is 2. The lowest BCUT2D eigenvalue weighted by molar-refractivity contribution is -0.132. The van der Waals surface area contributed by atoms with Gasteiger partial charge in [-0.25, -0.2) is 0 Å². The SMILES string of the molecule is CN(C(=O)CCc1nnc(-c2ccsc2)o1)[C@H]1CCCc2ccccc21. The van der Waals surface area contributed by atoms with Crippen molar-refractivity contribution in [1.82, 2.24) is 15.1 Å². The normalized spacial score (nSPS) is 16.3. The molecule has 1 aliphatic rings. The van der Waals surface area contributed by atoms with Crippen LogP contribution in [-0.4, -0.2) is 28.1 Å². The van der Waals surface area contributed by atoms with E-state index in [0.717, 1.165) is 24.8 Å². The van der Waals surface area contributed by atoms with Crippen molar-refractivity contribution in [2.24, 2.45) is 0 Å². The highest BCUT2D eigenvalue weighted by atomic mass is 32.1. The molecule has 1 aromatic carbocycles. The number of aryl methyl sites for hydroxylation is 2. The predicted molar refractivity (Wildman–Crippen MR) is 101 cm³/mol. The van der Waals surface area contributed by atoms with Crippen LogP contribution in [0.4, 0.5) is 0 Å². The zero-order valence-corrected chi connectivity index (χ0v) is 15.5. The summed E-state index contributed by atoms with van der Waals surface area (Å²) in [4.78, 5) is 14.6. The molecule has 5 nitrogen and oxygen atoms in total. The monoisotopic (exact) mass is 367 g/mol. The Morgan fingerprint density at radius 3 is 3.04 bits per heavy atom. The molecule has 3 aromatic rings. The summed E-state index contributed by atoms with van der Waals surface area (Å²) in [6, 6.07) is 10.6. The van der Waals surface area contributed by atoms with Gasteiger partial charge in [0.25, 0.3) is 0 Å². The lowest BCUT2D eigenvalue weighted by Crippen LogP contribution is -2.33. The highest BCUT2D eigenvalue weighted by molar-refractivity contribution is 7.08. The van der Waals surface area contributed by atoms with Gasteiger partial charge in [0.2, 0.25) is 17.7 Å². The summed E-state index contributed by atoms with van der Waals surface area (Å²) in [5, 5.41) is 12.1. The smallest absolute Gasteiger partial charge is 0.248 e. The van der Waals surface area contributed by atoms with E-state index in [1.807, 2.05) is 28.8 Å². The van der Waals surface area contributed by atoms with Crippen LogP contribution in [0, 0.1) is 0 Å². The molecule has 1 amide bonds. The molecule has 4 rings (SSSR count). The Balaban J connectivity index is 1.40. The van der Waals surface area contributed by atoms with Crippen molar-refractivity contribution < 1.29 is 9.21 Å². The third kappa shape index (κ3) is 3.42. The molecule has 0 fully saturated rings. The van der Waals surface area contributed by atoms with Crippen molar-refractivity contribution in [1.29, 1.82) is 0 Å². The summed E-state index contributed by atoms with van der Waals surface area (Å²) in [5.74, 6) is 1.14. The van der Waals surface area contributed by atoms with Gasteiger partial charge in [0.05, 0.1) is 6.04 Å². The van der Waals surface area contributed by atoms with E-state index in [2.05, 4.69) is 34.5 Å². The average Bonchev–Trinajstić information content (AvgIpc) is 3.36. The third-order valence-electron chi connectivity index (χ3n) is 4.99. The van der Waals surface area contributed by atoms with Gasteiger partial charge < -0.3 is 9.32 Å². The van der Waals surface area contributed by atoms with Crippen molar-refractivity contribution in [2.45, 2.75) is 38.1 Å². The number of benzene rings is 1. The number of carbonyl (C=O) groups excluding carboxylic acids is 1. The molecular formula is C20H21N3O2S. The summed E-state index contributed by atoms with van der Waals surface area (Å²) >= 11 is 1.59. The summed E-state index contributed by atoms with van der Waals surface area (Å²) in [5.41, 5.74) is 3.57. The molecule has 0 saturated carbocycles. The van der Waals surface area contributed by atoms with E-state index in [9.17, 15) is 4.79 Å². The molecule has 0 spiro atoms. The van der Waals surface area contributed by atoms with E-state index < -0.39 is 0 Å². The van der Waals surface area contributed by atoms with Crippen LogP contribution in [0.3, 0.4) is 0 Å². The highest BCUT2D eigenvalue weighted by Crippen LogP contribution is 2.33. The number of nitrogens with zero attached hydrogens (tertiary/aromatic N) is 3. The van der Waals surface area contributed by atoms with Crippen molar-refractivity contribution in [2.75, 3.05) is 7.05 Å². The first-order valence-electron chi connectivity index (χ1n) is 8.91. The van der Waals surface area contributed by atoms with Gasteiger partial charge in [-0.15, -0.1) is 10.2 Å². The number of carbonyl (C=O) groups is 1. The molecule has 134 valence electrons. The molecule has 2 aromatic heterocycles. The van der Waals surface area contributed by atoms with Gasteiger partial charge in [-0.2, -0.15) is 11.3 Å². The minimum absolute atomic E-state index is 0.113. The average molecular weight is 367 g/mol. The second kappa shape index (κ2) is 7.41. The molecule has 1 atom stereocenters. The zero-order valence-electron chi connectivity index (χ0n) is 14.7. The van der Waals surface area contributed by atoms with Gasteiger partial charge in [-0.1, -0.05) is 24.3 Å². The summed E-state index contributed by atoms with van der Waals surface area (Å²) in [6.45, 7) is 0. The number of hydrogen-bond acceptors (Lipinski definition) is 5. The van der Waals surface area contributed by atoms with Crippen molar-refractivity contribution in [3.8, 4) is 11.5 Å². The molecule has 2 heterocycles. The van der Waals surface area contributed by atoms with Gasteiger partial charge in [0, 0.05) is 30.8 Å². The Morgan fingerprint density at radius 2 is 2.19 bits per heavy atom. The van der Waals surface area contributed by atoms with Crippen LogP contribution in [0.5, 0.6) is 0 Å². The second-order valence-corrected chi connectivity index (χ2v) is 7.40. The first-order chi connectivity index (χ1) is 12.7. The van der Waals surface area contributed by atoms with Crippen LogP contribution in [0.15, 0.2) is 45.5 Å². The molecule has 26 heavy (non-hydrogen) atoms. The van der Waals surface area contributed by atoms with Gasteiger partial charge in [-0.05, 0) is 41.8 Å². The summed E-state index contributed by atoms with van der Waals surface area (Å²) < 4.78 is 5.67. The van der Waals surface area contributed by atoms with Gasteiger partial charge in [0.15, 0.2) is 0 Å². The molecule has 0 radical (unpaired) electrons. The minimum atomic E-state index is 0.113. The number of hydrogen-bond donors (Lipinski definition) is 0. The first kappa shape index (κ1) is 17.0. The van der Waals surface area contributed by atoms with Crippen LogP contribution >= 0.6 is 11.3 Å². The zero-order chi connectivity index (χ0) is 17.9. The number of amides is 1. The minimum Gasteiger partial charge on any atom is -0.421 e. The fourth-order valence-electron chi connectivity index (χ4n) is 3.55. The van der Waals surface area contributed by atoms with E-state index >= 15 is 0 Å². The Bertz CT molecular complexity index is 888. The summed E-state index contributed by atoms with van der Waals surface area (Å²) in [6.07, 6.45) is 4.08. The lowest BCUT2D eigenvalue weighted by atomic mass is 9.87. The molecule has 0 unspecified atom stereocenters. The molecule has 0 saturated heterocycles. The van der Waals surface area contributed by atoms with Crippen molar-refractivity contribution >= 4 is 17.2 Å². The fraction of sp³-hybridized carbons (Fsp3) is 0.350. The topological polar surface area (TPSA) is 59.2 Å². The Kier molecular flexibility index (Phi) is 4.84. The summed E-state index contributed by atoms with van der Waals surface area (Å²) in [7, 11) is 1.90. The van der Waals surface area contributed by atoms with Crippen molar-refractivity contribution in [3.63, 3.8) is 0 Å². The van der Waals surface area contributed by atoms with E-state index in [1.165, 1.54) is 11.1 Å². The predicted octanol–water partition coefficient (Wildman–Crippen LogP) is 4.27. The van der Waals surface area contributed by atoms with Crippen LogP contribution < -0.4 is 0 Å². The molecular weight excluding hydrogens is 346 g/mol. The number of fused-ring (bicyclic) bond motifs is 1. The standard InChI is InChI=1S/C20H21N3O2S/c1-23(17-8-4-6-14-5-2-3-7-16(14)17)19(24)10-9-18-21-22-20(25-18)15-11-12-26-13-15/h2-3,5,7,11-13,17H,4,6,8-10H2,1H3/t17-/m0/s1. The van der Waals surface area contributed by atoms with E-state index in [1.54, 1.807) is 11.3 Å². The molecule has 0 N–H and O–H groups in total. The lowest BCUT2D eigenvalue weighted by Gasteiger charge is -2.33. The Labute approximate surface area is 156 Å². The fourth-order valence-corrected chi connectivity index (χ4v) is 4.18. The van der Waals surface area contributed by atoms with Crippen LogP contribution in [0.2, 0.25) is 0 Å². The number of rotatable bonds is 5. The molecule has 0 aliphatic heterocycles. The van der Waals surface area contributed by atoms with Crippen molar-refractivity contribution in [3.05, 3.63) is 58.1 Å². The van der Waals surface area contributed by atoms with Crippen LogP contribution in [0.1, 0.15) is 42.3 Å². The maximum atomic E-state index is 12.7. The quantitative estimate of drug-likeness (QED) is 0.676. The largest absolute Gasteiger partial charge is 0.421 e. The third-order valence-corrected chi connectivity index (χ3v) is 5.67. The van der Waals surface area contributed by atoms with Crippen LogP contribution in [0.25, 0.3) is 11.5 Å². The van der Waals surface area contributed by atoms with E-state index in [0.29, 0.717) is 24.6 Å². The number of thiophene rings is 1. The van der Waals surface area contributed by atoms with Gasteiger partial charge in [-0.3, -0.25) is 4.79 Å². The van der Waals surface area contributed by atoms with Gasteiger partial charge >= 0.3 is 0 Å². The highest BCUT2D eigenvalue weighted by Gasteiger charge is 2.26. The maximum Gasteiger partial charge on any atom is 0.248 e. The Morgan fingerprint density at radius 1 is 1.31 bits per heavy atom.